The van der Waals surface area contributed by atoms with Crippen LogP contribution in [0.15, 0.2) is 133 Å². The van der Waals surface area contributed by atoms with E-state index in [2.05, 4.69) is 168 Å². The second-order valence-corrected chi connectivity index (χ2v) is 15.5. The Morgan fingerprint density at radius 1 is 0.468 bits per heavy atom. The molecule has 0 saturated carbocycles. The third-order valence-electron chi connectivity index (χ3n) is 8.62. The minimum atomic E-state index is -0.826. The molecule has 0 heterocycles. The van der Waals surface area contributed by atoms with Gasteiger partial charge in [-0.1, -0.05) is 124 Å². The van der Waals surface area contributed by atoms with Gasteiger partial charge in [-0.3, -0.25) is 0 Å². The molecule has 0 N–H and O–H groups in total. The molecule has 0 nitrogen and oxygen atoms in total. The van der Waals surface area contributed by atoms with Crippen molar-refractivity contribution in [2.24, 2.45) is 0 Å². The molecule has 0 saturated heterocycles. The van der Waals surface area contributed by atoms with E-state index in [0.29, 0.717) is 0 Å². The number of hydrogen-bond donors (Lipinski definition) is 0. The zero-order valence-electron chi connectivity index (χ0n) is 27.7. The van der Waals surface area contributed by atoms with E-state index in [9.17, 15) is 0 Å². The van der Waals surface area contributed by atoms with Gasteiger partial charge in [0, 0.05) is 0 Å². The summed E-state index contributed by atoms with van der Waals surface area (Å²) in [5, 5.41) is 10.7. The molecule has 0 spiro atoms. The third kappa shape index (κ3) is 7.82. The van der Waals surface area contributed by atoms with E-state index < -0.39 is 20.8 Å². The van der Waals surface area contributed by atoms with Crippen LogP contribution in [0.5, 0.6) is 0 Å². The van der Waals surface area contributed by atoms with Gasteiger partial charge < -0.3 is 6.92 Å². The van der Waals surface area contributed by atoms with E-state index >= 15 is 0 Å². The van der Waals surface area contributed by atoms with Crippen molar-refractivity contribution in [2.75, 3.05) is 0 Å². The van der Waals surface area contributed by atoms with Crippen molar-refractivity contribution >= 4 is 60.1 Å². The fraction of sp³-hybridized carbons (Fsp3) is 0.114. The molecule has 47 heavy (non-hydrogen) atoms. The van der Waals surface area contributed by atoms with Gasteiger partial charge in [-0.25, -0.2) is 0 Å². The average Bonchev–Trinajstić information content (AvgIpc) is 3.69. The van der Waals surface area contributed by atoms with Crippen LogP contribution < -0.4 is 0 Å². The van der Waals surface area contributed by atoms with E-state index in [1.807, 2.05) is 0 Å². The number of benzene rings is 6. The average molecular weight is 730 g/mol. The Bertz CT molecular complexity index is 2110. The van der Waals surface area contributed by atoms with E-state index in [4.69, 9.17) is 17.0 Å². The van der Waals surface area contributed by atoms with Gasteiger partial charge in [0.1, 0.15) is 0 Å². The van der Waals surface area contributed by atoms with Crippen molar-refractivity contribution in [1.82, 2.24) is 0 Å². The second-order valence-electron chi connectivity index (χ2n) is 11.8. The van der Waals surface area contributed by atoms with Crippen LogP contribution in [0.3, 0.4) is 0 Å². The quantitative estimate of drug-likeness (QED) is 0.155. The van der Waals surface area contributed by atoms with Gasteiger partial charge >= 0.3 is 37.9 Å². The fourth-order valence-corrected chi connectivity index (χ4v) is 6.40. The van der Waals surface area contributed by atoms with Gasteiger partial charge in [-0.2, -0.15) is 19.1 Å². The predicted octanol–water partition coefficient (Wildman–Crippen LogP) is 14.2. The normalized spacial score (nSPS) is 10.6. The summed E-state index contributed by atoms with van der Waals surface area (Å²) in [5.74, 6) is 0. The molecule has 0 aromatic heterocycles. The van der Waals surface area contributed by atoms with Gasteiger partial charge in [0.05, 0.1) is 0 Å². The van der Waals surface area contributed by atoms with Crippen molar-refractivity contribution in [2.45, 2.75) is 34.6 Å². The number of halogens is 2. The molecule has 0 aliphatic carbocycles. The van der Waals surface area contributed by atoms with Gasteiger partial charge in [-0.15, -0.1) is 68.1 Å². The Hall–Kier alpha value is -3.48. The summed E-state index contributed by atoms with van der Waals surface area (Å²) < 4.78 is 0. The van der Waals surface area contributed by atoms with E-state index in [0.717, 1.165) is 0 Å². The van der Waals surface area contributed by atoms with Crippen LogP contribution in [-0.2, 0) is 20.8 Å². The Morgan fingerprint density at radius 2 is 0.830 bits per heavy atom. The van der Waals surface area contributed by atoms with Crippen LogP contribution in [0.4, 0.5) is 0 Å². The molecule has 0 bridgehead atoms. The monoisotopic (exact) mass is 727 g/mol. The molecule has 8 aromatic rings. The third-order valence-corrected chi connectivity index (χ3v) is 8.62. The molecule has 236 valence electrons. The SMILES string of the molecule is Cc1cc2c(-c3ccc4ccccc4c3)ccc(C)c2[cH-]1.Cc1cc2c(-c3ccc4ccccc4c3)ccc(C)c2[cH-]1.[CH2-]C.[Cl][Zr][Cl]. The van der Waals surface area contributed by atoms with Crippen LogP contribution in [0.2, 0.25) is 0 Å². The number of fused-ring (bicyclic) bond motifs is 4. The van der Waals surface area contributed by atoms with E-state index in [1.54, 1.807) is 6.92 Å². The Labute approximate surface area is 298 Å². The zero-order chi connectivity index (χ0) is 33.5. The molecule has 0 fully saturated rings. The molecule has 3 heteroatoms. The van der Waals surface area contributed by atoms with Crippen LogP contribution in [-0.4, -0.2) is 0 Å². The Morgan fingerprint density at radius 3 is 1.21 bits per heavy atom. The molecule has 0 radical (unpaired) electrons. The zero-order valence-corrected chi connectivity index (χ0v) is 31.6. The fourth-order valence-electron chi connectivity index (χ4n) is 6.40. The standard InChI is InChI=1S/2C21H17.C2H5.2ClH.Zr/c2*1-14-11-20-15(2)7-10-19(21(20)12-14)18-9-8-16-5-3-4-6-17(16)13-18;1-2;;;/h2*3-13H,1-2H3;1H2,2H3;2*1H;/q3*-1;;;+2/p-2. The minimum absolute atomic E-state index is 0.826. The van der Waals surface area contributed by atoms with Gasteiger partial charge in [0.15, 0.2) is 0 Å². The summed E-state index contributed by atoms with van der Waals surface area (Å²) in [4.78, 5) is 0. The summed E-state index contributed by atoms with van der Waals surface area (Å²) in [6, 6.07) is 48.7. The second kappa shape index (κ2) is 16.1. The van der Waals surface area contributed by atoms with Gasteiger partial charge in [-0.05, 0) is 44.8 Å². The maximum absolute atomic E-state index is 4.93. The van der Waals surface area contributed by atoms with E-state index in [1.165, 1.54) is 87.6 Å². The van der Waals surface area contributed by atoms with Crippen molar-refractivity contribution < 1.29 is 20.8 Å². The van der Waals surface area contributed by atoms with Gasteiger partial charge in [0.25, 0.3) is 0 Å². The maximum atomic E-state index is 4.93. The Balaban J connectivity index is 0.000000163. The van der Waals surface area contributed by atoms with Crippen LogP contribution in [0.1, 0.15) is 29.2 Å². The van der Waals surface area contributed by atoms with Crippen molar-refractivity contribution in [3.05, 3.63) is 163 Å². The van der Waals surface area contributed by atoms with Crippen molar-refractivity contribution in [1.29, 1.82) is 0 Å². The molecule has 0 aliphatic heterocycles. The van der Waals surface area contributed by atoms with Crippen LogP contribution in [0, 0.1) is 34.6 Å². The first-order valence-corrected chi connectivity index (χ1v) is 22.2. The molecule has 8 rings (SSSR count). The van der Waals surface area contributed by atoms with Gasteiger partial charge in [0.2, 0.25) is 0 Å². The van der Waals surface area contributed by atoms with Crippen molar-refractivity contribution in [3.63, 3.8) is 0 Å². The summed E-state index contributed by atoms with van der Waals surface area (Å²) in [7, 11) is 9.87. The molecule has 0 atom stereocenters. The predicted molar refractivity (Wildman–Crippen MR) is 207 cm³/mol. The van der Waals surface area contributed by atoms with Crippen molar-refractivity contribution in [3.8, 4) is 22.3 Å². The summed E-state index contributed by atoms with van der Waals surface area (Å²) >= 11 is -0.826. The topological polar surface area (TPSA) is 0 Å². The summed E-state index contributed by atoms with van der Waals surface area (Å²) in [6.45, 7) is 13.7. The number of aryl methyl sites for hydroxylation is 4. The first kappa shape index (κ1) is 34.8. The number of rotatable bonds is 2. The molecule has 0 amide bonds. The van der Waals surface area contributed by atoms with Crippen LogP contribution in [0.25, 0.3) is 65.3 Å². The first-order valence-electron chi connectivity index (χ1n) is 15.8. The molecule has 0 unspecified atom stereocenters. The number of hydrogen-bond acceptors (Lipinski definition) is 0. The van der Waals surface area contributed by atoms with Crippen LogP contribution >= 0.6 is 17.0 Å². The molecule has 0 aliphatic rings. The summed E-state index contributed by atoms with van der Waals surface area (Å²) in [6.07, 6.45) is 0. The van der Waals surface area contributed by atoms with E-state index in [-0.39, 0.29) is 0 Å². The summed E-state index contributed by atoms with van der Waals surface area (Å²) in [5.41, 5.74) is 10.6. The Kier molecular flexibility index (Phi) is 11.9. The molecule has 8 aromatic carbocycles. The first-order chi connectivity index (χ1) is 22.9. The molecular weight excluding hydrogens is 691 g/mol. The molecular formula is C44H39Cl2Zr-3.